The first-order valence-electron chi connectivity index (χ1n) is 5.70. The molecule has 9 heteroatoms. The molecule has 0 aromatic rings. The zero-order valence-corrected chi connectivity index (χ0v) is 10.0. The van der Waals surface area contributed by atoms with Gasteiger partial charge in [-0.25, -0.2) is 8.78 Å². The van der Waals surface area contributed by atoms with Gasteiger partial charge < -0.3 is 15.3 Å². The Balaban J connectivity index is 2.97. The number of carbonyl (C=O) groups is 1. The van der Waals surface area contributed by atoms with Crippen LogP contribution in [-0.4, -0.2) is 61.3 Å². The minimum atomic E-state index is -4.82. The van der Waals surface area contributed by atoms with Crippen LogP contribution in [0.3, 0.4) is 0 Å². The highest BCUT2D eigenvalue weighted by Crippen LogP contribution is 2.44. The van der Waals surface area contributed by atoms with E-state index in [0.717, 1.165) is 0 Å². The average Bonchev–Trinajstić information content (AvgIpc) is 2.76. The van der Waals surface area contributed by atoms with E-state index in [0.29, 0.717) is 4.90 Å². The number of aliphatic hydroxyl groups is 1. The van der Waals surface area contributed by atoms with Gasteiger partial charge in [0.1, 0.15) is 0 Å². The van der Waals surface area contributed by atoms with Crippen LogP contribution < -0.4 is 5.32 Å². The van der Waals surface area contributed by atoms with Gasteiger partial charge in [-0.1, -0.05) is 0 Å². The predicted molar refractivity (Wildman–Crippen MR) is 55.6 cm³/mol. The molecule has 1 fully saturated rings. The third-order valence-corrected chi connectivity index (χ3v) is 3.12. The number of hydrogen-bond acceptors (Lipinski definition) is 3. The molecule has 1 atom stereocenters. The molecule has 1 amide bonds. The lowest BCUT2D eigenvalue weighted by molar-refractivity contribution is -0.222. The van der Waals surface area contributed by atoms with E-state index < -0.39 is 56.6 Å². The van der Waals surface area contributed by atoms with Crippen molar-refractivity contribution in [3.05, 3.63) is 0 Å². The maximum absolute atomic E-state index is 13.1. The summed E-state index contributed by atoms with van der Waals surface area (Å²) in [6.45, 7) is -2.95. The Morgan fingerprint density at radius 1 is 1.42 bits per heavy atom. The number of amides is 1. The van der Waals surface area contributed by atoms with Crippen LogP contribution >= 0.6 is 0 Å². The lowest BCUT2D eigenvalue weighted by Gasteiger charge is -2.34. The number of nitrogens with zero attached hydrogens (tertiary/aromatic N) is 1. The molecule has 1 aliphatic heterocycles. The molecule has 1 heterocycles. The smallest absolute Gasteiger partial charge is 0.395 e. The van der Waals surface area contributed by atoms with Gasteiger partial charge in [-0.05, 0) is 13.0 Å². The van der Waals surface area contributed by atoms with Crippen LogP contribution in [0, 0.1) is 5.41 Å². The Kier molecular flexibility index (Phi) is 5.08. The molecule has 0 saturated carbocycles. The molecule has 2 N–H and O–H groups in total. The van der Waals surface area contributed by atoms with Crippen molar-refractivity contribution in [3.8, 4) is 0 Å². The molecule has 0 spiro atoms. The Bertz CT molecular complexity index is 316. The predicted octanol–water partition coefficient (Wildman–Crippen LogP) is 0.614. The molecule has 0 aromatic carbocycles. The van der Waals surface area contributed by atoms with Gasteiger partial charge in [0.05, 0.1) is 13.2 Å². The molecular weight excluding hydrogens is 275 g/mol. The first-order chi connectivity index (χ1) is 8.74. The van der Waals surface area contributed by atoms with Crippen molar-refractivity contribution in [2.24, 2.45) is 5.41 Å². The molecule has 0 radical (unpaired) electrons. The largest absolute Gasteiger partial charge is 0.404 e. The topological polar surface area (TPSA) is 52.6 Å². The minimum Gasteiger partial charge on any atom is -0.395 e. The van der Waals surface area contributed by atoms with Crippen LogP contribution in [0.4, 0.5) is 22.0 Å². The summed E-state index contributed by atoms with van der Waals surface area (Å²) < 4.78 is 63.8. The summed E-state index contributed by atoms with van der Waals surface area (Å²) in [7, 11) is 0. The van der Waals surface area contributed by atoms with Gasteiger partial charge in [0.25, 0.3) is 6.43 Å². The van der Waals surface area contributed by atoms with E-state index in [9.17, 15) is 26.7 Å². The van der Waals surface area contributed by atoms with E-state index in [1.54, 1.807) is 0 Å². The molecule has 0 aliphatic carbocycles. The highest BCUT2D eigenvalue weighted by atomic mass is 19.4. The Morgan fingerprint density at radius 2 is 2.05 bits per heavy atom. The van der Waals surface area contributed by atoms with Crippen molar-refractivity contribution in [1.29, 1.82) is 0 Å². The van der Waals surface area contributed by atoms with E-state index in [1.807, 2.05) is 0 Å². The quantitative estimate of drug-likeness (QED) is 0.730. The average molecular weight is 290 g/mol. The number of hydrogen-bond donors (Lipinski definition) is 2. The summed E-state index contributed by atoms with van der Waals surface area (Å²) in [6, 6.07) is 0. The molecule has 19 heavy (non-hydrogen) atoms. The normalized spacial score (nSPS) is 23.9. The first kappa shape index (κ1) is 16.1. The molecule has 1 aliphatic rings. The molecule has 1 unspecified atom stereocenters. The van der Waals surface area contributed by atoms with Crippen LogP contribution in [0.5, 0.6) is 0 Å². The van der Waals surface area contributed by atoms with E-state index in [4.69, 9.17) is 5.11 Å². The molecule has 1 saturated heterocycles. The fraction of sp³-hybridized carbons (Fsp3) is 0.900. The van der Waals surface area contributed by atoms with Crippen molar-refractivity contribution in [3.63, 3.8) is 0 Å². The molecular formula is C10H15F5N2O2. The molecule has 4 nitrogen and oxygen atoms in total. The summed E-state index contributed by atoms with van der Waals surface area (Å²) >= 11 is 0. The van der Waals surface area contributed by atoms with Crippen molar-refractivity contribution >= 4 is 5.91 Å². The van der Waals surface area contributed by atoms with Gasteiger partial charge in [0.2, 0.25) is 5.91 Å². The summed E-state index contributed by atoms with van der Waals surface area (Å²) in [5.41, 5.74) is -2.67. The van der Waals surface area contributed by atoms with E-state index in [1.165, 1.54) is 0 Å². The molecule has 0 bridgehead atoms. The van der Waals surface area contributed by atoms with Gasteiger partial charge in [0, 0.05) is 13.1 Å². The number of halogens is 5. The lowest BCUT2D eigenvalue weighted by Crippen LogP contribution is -2.55. The van der Waals surface area contributed by atoms with Crippen LogP contribution in [0.15, 0.2) is 0 Å². The maximum Gasteiger partial charge on any atom is 0.404 e. The van der Waals surface area contributed by atoms with Crippen LogP contribution in [-0.2, 0) is 4.79 Å². The van der Waals surface area contributed by atoms with Crippen LogP contribution in [0.1, 0.15) is 6.42 Å². The Labute approximate surface area is 106 Å². The van der Waals surface area contributed by atoms with Crippen molar-refractivity contribution < 1.29 is 31.9 Å². The van der Waals surface area contributed by atoms with Crippen molar-refractivity contribution in [1.82, 2.24) is 10.2 Å². The number of nitrogens with one attached hydrogen (secondary N) is 1. The Morgan fingerprint density at radius 3 is 2.42 bits per heavy atom. The number of alkyl halides is 5. The van der Waals surface area contributed by atoms with Gasteiger partial charge in [-0.15, -0.1) is 0 Å². The minimum absolute atomic E-state index is 0.00705. The van der Waals surface area contributed by atoms with Gasteiger partial charge in [-0.2, -0.15) is 13.2 Å². The van der Waals surface area contributed by atoms with E-state index >= 15 is 0 Å². The monoisotopic (exact) mass is 290 g/mol. The molecule has 0 aromatic heterocycles. The second kappa shape index (κ2) is 6.00. The first-order valence-corrected chi connectivity index (χ1v) is 5.70. The standard InChI is InChI=1S/C10H15F5N2O2/c11-7(12)5-17(3-4-18)8(19)9(10(13,14)15)1-2-16-6-9/h7,16,18H,1-6H2. The van der Waals surface area contributed by atoms with Crippen molar-refractivity contribution in [2.75, 3.05) is 32.8 Å². The third kappa shape index (κ3) is 3.33. The van der Waals surface area contributed by atoms with Gasteiger partial charge in [-0.3, -0.25) is 4.79 Å². The summed E-state index contributed by atoms with van der Waals surface area (Å²) in [4.78, 5) is 12.3. The fourth-order valence-electron chi connectivity index (χ4n) is 2.10. The van der Waals surface area contributed by atoms with Crippen molar-refractivity contribution in [2.45, 2.75) is 19.0 Å². The summed E-state index contributed by atoms with van der Waals surface area (Å²) in [5.74, 6) is -1.40. The zero-order chi connectivity index (χ0) is 14.7. The second-order valence-electron chi connectivity index (χ2n) is 4.37. The third-order valence-electron chi connectivity index (χ3n) is 3.12. The number of carbonyl (C=O) groups excluding carboxylic acids is 1. The second-order valence-corrected chi connectivity index (χ2v) is 4.37. The highest BCUT2D eigenvalue weighted by molar-refractivity contribution is 5.84. The van der Waals surface area contributed by atoms with Gasteiger partial charge >= 0.3 is 6.18 Å². The fourth-order valence-corrected chi connectivity index (χ4v) is 2.10. The zero-order valence-electron chi connectivity index (χ0n) is 10.0. The van der Waals surface area contributed by atoms with Gasteiger partial charge in [0.15, 0.2) is 5.41 Å². The molecule has 112 valence electrons. The van der Waals surface area contributed by atoms with Crippen LogP contribution in [0.2, 0.25) is 0 Å². The maximum atomic E-state index is 13.1. The molecule has 1 rings (SSSR count). The number of rotatable bonds is 5. The summed E-state index contributed by atoms with van der Waals surface area (Å²) in [6.07, 6.45) is -8.25. The SMILES string of the molecule is O=C(N(CCO)CC(F)F)C1(C(F)(F)F)CCNC1. The van der Waals surface area contributed by atoms with E-state index in [-0.39, 0.29) is 6.54 Å². The van der Waals surface area contributed by atoms with E-state index in [2.05, 4.69) is 5.32 Å². The summed E-state index contributed by atoms with van der Waals surface area (Å²) in [5, 5.41) is 11.1. The lowest BCUT2D eigenvalue weighted by atomic mass is 9.84. The number of aliphatic hydroxyl groups excluding tert-OH is 1. The van der Waals surface area contributed by atoms with Crippen LogP contribution in [0.25, 0.3) is 0 Å². The highest BCUT2D eigenvalue weighted by Gasteiger charge is 2.62. The Hall–Kier alpha value is -0.960.